The molecule has 0 bridgehead atoms. The van der Waals surface area contributed by atoms with Crippen molar-refractivity contribution in [3.63, 3.8) is 0 Å². The maximum Gasteiger partial charge on any atom is 0.172 e. The van der Waals surface area contributed by atoms with E-state index in [1.54, 1.807) is 12.1 Å². The molecule has 2 aromatic rings. The zero-order valence-electron chi connectivity index (χ0n) is 7.58. The van der Waals surface area contributed by atoms with Crippen molar-refractivity contribution < 1.29 is 14.0 Å². The van der Waals surface area contributed by atoms with Gasteiger partial charge < -0.3 is 9.63 Å². The van der Waals surface area contributed by atoms with E-state index in [0.717, 1.165) is 0 Å². The molecule has 0 radical (unpaired) electrons. The largest absolute Gasteiger partial charge is 0.391 e. The van der Waals surface area contributed by atoms with E-state index in [1.165, 1.54) is 12.3 Å². The van der Waals surface area contributed by atoms with Crippen molar-refractivity contribution in [2.75, 3.05) is 0 Å². The molecule has 0 fully saturated rings. The van der Waals surface area contributed by atoms with Crippen LogP contribution in [0.5, 0.6) is 0 Å². The van der Waals surface area contributed by atoms with Gasteiger partial charge in [-0.3, -0.25) is 0 Å². The van der Waals surface area contributed by atoms with E-state index >= 15 is 0 Å². The van der Waals surface area contributed by atoms with Gasteiger partial charge in [0.1, 0.15) is 5.82 Å². The van der Waals surface area contributed by atoms with Crippen LogP contribution in [-0.4, -0.2) is 10.3 Å². The molecule has 5 heteroatoms. The number of aliphatic hydroxyl groups excluding tert-OH is 1. The molecular formula is C10H7BrFNO2. The number of halogens is 2. The molecule has 3 nitrogen and oxygen atoms in total. The maximum atomic E-state index is 13.0. The Kier molecular flexibility index (Phi) is 2.83. The first-order chi connectivity index (χ1) is 7.22. The van der Waals surface area contributed by atoms with Crippen molar-refractivity contribution in [3.8, 4) is 11.3 Å². The van der Waals surface area contributed by atoms with Crippen molar-refractivity contribution in [2.24, 2.45) is 0 Å². The van der Waals surface area contributed by atoms with Crippen molar-refractivity contribution >= 4 is 15.9 Å². The SMILES string of the molecule is OCc1cnoc1-c1ccc(F)c(Br)c1. The Hall–Kier alpha value is -1.20. The molecule has 0 aliphatic heterocycles. The summed E-state index contributed by atoms with van der Waals surface area (Å²) in [5.74, 6) is 0.113. The van der Waals surface area contributed by atoms with E-state index in [4.69, 9.17) is 9.63 Å². The van der Waals surface area contributed by atoms with Gasteiger partial charge >= 0.3 is 0 Å². The van der Waals surface area contributed by atoms with Gasteiger partial charge in [0, 0.05) is 11.1 Å². The van der Waals surface area contributed by atoms with Crippen LogP contribution in [0, 0.1) is 5.82 Å². The molecule has 1 N–H and O–H groups in total. The second-order valence-corrected chi connectivity index (χ2v) is 3.82. The quantitative estimate of drug-likeness (QED) is 0.914. The van der Waals surface area contributed by atoms with Gasteiger partial charge in [0.25, 0.3) is 0 Å². The lowest BCUT2D eigenvalue weighted by Gasteiger charge is -2.00. The third-order valence-corrected chi connectivity index (χ3v) is 2.60. The average Bonchev–Trinajstić information content (AvgIpc) is 2.70. The van der Waals surface area contributed by atoms with Gasteiger partial charge in [0.15, 0.2) is 5.76 Å². The van der Waals surface area contributed by atoms with E-state index < -0.39 is 0 Å². The minimum absolute atomic E-state index is 0.159. The first kappa shape index (κ1) is 10.3. The Labute approximate surface area is 93.6 Å². The van der Waals surface area contributed by atoms with Crippen LogP contribution in [0.2, 0.25) is 0 Å². The summed E-state index contributed by atoms with van der Waals surface area (Å²) in [6.07, 6.45) is 1.44. The van der Waals surface area contributed by atoms with Gasteiger partial charge in [-0.15, -0.1) is 0 Å². The summed E-state index contributed by atoms with van der Waals surface area (Å²) < 4.78 is 18.3. The highest BCUT2D eigenvalue weighted by Crippen LogP contribution is 2.27. The molecule has 0 atom stereocenters. The number of benzene rings is 1. The van der Waals surface area contributed by atoms with Crippen LogP contribution in [0.3, 0.4) is 0 Å². The third-order valence-electron chi connectivity index (χ3n) is 2.00. The van der Waals surface area contributed by atoms with Gasteiger partial charge in [-0.1, -0.05) is 5.16 Å². The highest BCUT2D eigenvalue weighted by Gasteiger charge is 2.11. The van der Waals surface area contributed by atoms with Crippen molar-refractivity contribution in [1.82, 2.24) is 5.16 Å². The van der Waals surface area contributed by atoms with Crippen molar-refractivity contribution in [1.29, 1.82) is 0 Å². The van der Waals surface area contributed by atoms with Gasteiger partial charge in [0.2, 0.25) is 0 Å². The molecule has 1 aromatic carbocycles. The normalized spacial score (nSPS) is 10.6. The molecule has 78 valence electrons. The molecule has 0 unspecified atom stereocenters. The molecule has 0 saturated carbocycles. The van der Waals surface area contributed by atoms with E-state index in [0.29, 0.717) is 21.4 Å². The number of aromatic nitrogens is 1. The molecule has 0 aliphatic carbocycles. The Balaban J connectivity index is 2.50. The molecule has 15 heavy (non-hydrogen) atoms. The van der Waals surface area contributed by atoms with Gasteiger partial charge in [-0.25, -0.2) is 4.39 Å². The Bertz CT molecular complexity index is 484. The minimum Gasteiger partial charge on any atom is -0.391 e. The highest BCUT2D eigenvalue weighted by molar-refractivity contribution is 9.10. The second kappa shape index (κ2) is 4.12. The van der Waals surface area contributed by atoms with Crippen LogP contribution in [-0.2, 0) is 6.61 Å². The summed E-state index contributed by atoms with van der Waals surface area (Å²) in [6.45, 7) is -0.159. The fraction of sp³-hybridized carbons (Fsp3) is 0.100. The molecule has 0 saturated heterocycles. The van der Waals surface area contributed by atoms with Crippen LogP contribution in [0.4, 0.5) is 4.39 Å². The lowest BCUT2D eigenvalue weighted by atomic mass is 10.1. The summed E-state index contributed by atoms with van der Waals surface area (Å²) >= 11 is 3.08. The average molecular weight is 272 g/mol. The zero-order valence-corrected chi connectivity index (χ0v) is 9.16. The number of nitrogens with zero attached hydrogens (tertiary/aromatic N) is 1. The molecule has 1 heterocycles. The zero-order chi connectivity index (χ0) is 10.8. The Morgan fingerprint density at radius 2 is 2.27 bits per heavy atom. The summed E-state index contributed by atoms with van der Waals surface area (Å²) in [7, 11) is 0. The summed E-state index contributed by atoms with van der Waals surface area (Å²) in [5, 5.41) is 12.6. The molecule has 0 aliphatic rings. The molecule has 0 spiro atoms. The smallest absolute Gasteiger partial charge is 0.172 e. The van der Waals surface area contributed by atoms with E-state index in [2.05, 4.69) is 21.1 Å². The van der Waals surface area contributed by atoms with E-state index in [1.807, 2.05) is 0 Å². The van der Waals surface area contributed by atoms with Crippen LogP contribution in [0.25, 0.3) is 11.3 Å². The van der Waals surface area contributed by atoms with Gasteiger partial charge in [0.05, 0.1) is 17.3 Å². The van der Waals surface area contributed by atoms with Crippen LogP contribution >= 0.6 is 15.9 Å². The number of hydrogen-bond acceptors (Lipinski definition) is 3. The first-order valence-electron chi connectivity index (χ1n) is 4.22. The van der Waals surface area contributed by atoms with Gasteiger partial charge in [-0.2, -0.15) is 0 Å². The minimum atomic E-state index is -0.344. The highest BCUT2D eigenvalue weighted by atomic mass is 79.9. The molecular weight excluding hydrogens is 265 g/mol. The third kappa shape index (κ3) is 1.93. The molecule has 0 amide bonds. The first-order valence-corrected chi connectivity index (χ1v) is 5.01. The monoisotopic (exact) mass is 271 g/mol. The Morgan fingerprint density at radius 3 is 2.93 bits per heavy atom. The summed E-state index contributed by atoms with van der Waals surface area (Å²) in [4.78, 5) is 0. The second-order valence-electron chi connectivity index (χ2n) is 2.97. The predicted molar refractivity (Wildman–Crippen MR) is 55.5 cm³/mol. The standard InChI is InChI=1S/C10H7BrFNO2/c11-8-3-6(1-2-9(8)12)10-7(5-14)4-13-15-10/h1-4,14H,5H2. The van der Waals surface area contributed by atoms with Crippen LogP contribution < -0.4 is 0 Å². The summed E-state index contributed by atoms with van der Waals surface area (Å²) in [6, 6.07) is 4.47. The lowest BCUT2D eigenvalue weighted by Crippen LogP contribution is -1.85. The predicted octanol–water partition coefficient (Wildman–Crippen LogP) is 2.74. The molecule has 2 rings (SSSR count). The fourth-order valence-corrected chi connectivity index (χ4v) is 1.63. The maximum absolute atomic E-state index is 13.0. The van der Waals surface area contributed by atoms with E-state index in [-0.39, 0.29) is 12.4 Å². The number of aliphatic hydroxyl groups is 1. The number of rotatable bonds is 2. The van der Waals surface area contributed by atoms with Crippen molar-refractivity contribution in [3.05, 3.63) is 40.2 Å². The topological polar surface area (TPSA) is 46.3 Å². The summed E-state index contributed by atoms with van der Waals surface area (Å²) in [5.41, 5.74) is 1.25. The van der Waals surface area contributed by atoms with Crippen molar-refractivity contribution in [2.45, 2.75) is 6.61 Å². The van der Waals surface area contributed by atoms with Crippen LogP contribution in [0.1, 0.15) is 5.56 Å². The van der Waals surface area contributed by atoms with E-state index in [9.17, 15) is 4.39 Å². The van der Waals surface area contributed by atoms with Gasteiger partial charge in [-0.05, 0) is 34.1 Å². The molecule has 1 aromatic heterocycles. The Morgan fingerprint density at radius 1 is 1.47 bits per heavy atom. The lowest BCUT2D eigenvalue weighted by molar-refractivity contribution is 0.281. The van der Waals surface area contributed by atoms with Crippen LogP contribution in [0.15, 0.2) is 33.4 Å². The fourth-order valence-electron chi connectivity index (χ4n) is 1.25. The number of hydrogen-bond donors (Lipinski definition) is 1.